The van der Waals surface area contributed by atoms with Crippen LogP contribution in [0.15, 0.2) is 69.9 Å². The van der Waals surface area contributed by atoms with Crippen molar-refractivity contribution in [2.24, 2.45) is 0 Å². The summed E-state index contributed by atoms with van der Waals surface area (Å²) in [6.07, 6.45) is 0. The second kappa shape index (κ2) is 8.77. The van der Waals surface area contributed by atoms with Crippen LogP contribution in [-0.2, 0) is 0 Å². The molecule has 0 amide bonds. The highest BCUT2D eigenvalue weighted by Gasteiger charge is 2.17. The number of rotatable bonds is 5. The van der Waals surface area contributed by atoms with Gasteiger partial charge in [0.2, 0.25) is 5.43 Å². The number of methoxy groups -OCH3 is 2. The van der Waals surface area contributed by atoms with E-state index in [-0.39, 0.29) is 11.2 Å². The Morgan fingerprint density at radius 3 is 2.44 bits per heavy atom. The quantitative estimate of drug-likeness (QED) is 0.288. The molecule has 0 spiro atoms. The number of benzene rings is 3. The van der Waals surface area contributed by atoms with Crippen LogP contribution in [0.3, 0.4) is 0 Å². The smallest absolute Gasteiger partial charge is 0.343 e. The summed E-state index contributed by atoms with van der Waals surface area (Å²) in [5.41, 5.74) is 1.49. The Hall–Kier alpha value is -3.77. The van der Waals surface area contributed by atoms with Gasteiger partial charge in [-0.3, -0.25) is 4.79 Å². The molecule has 4 aromatic rings. The first kappa shape index (κ1) is 21.5. The van der Waals surface area contributed by atoms with Gasteiger partial charge in [0, 0.05) is 11.1 Å². The summed E-state index contributed by atoms with van der Waals surface area (Å²) in [6, 6.07) is 16.3. The van der Waals surface area contributed by atoms with E-state index in [9.17, 15) is 9.59 Å². The van der Waals surface area contributed by atoms with E-state index in [1.807, 2.05) is 0 Å². The molecule has 0 unspecified atom stereocenters. The summed E-state index contributed by atoms with van der Waals surface area (Å²) in [7, 11) is 3.08. The van der Waals surface area contributed by atoms with Crippen molar-refractivity contribution in [1.29, 1.82) is 0 Å². The van der Waals surface area contributed by atoms with Gasteiger partial charge >= 0.3 is 5.97 Å². The number of esters is 1. The zero-order valence-electron chi connectivity index (χ0n) is 17.6. The molecule has 0 aliphatic carbocycles. The fraction of sp³-hybridized carbons (Fsp3) is 0.120. The number of fused-ring (bicyclic) bond motifs is 1. The van der Waals surface area contributed by atoms with Crippen LogP contribution in [0.4, 0.5) is 0 Å². The molecular formula is C25H19ClO6. The van der Waals surface area contributed by atoms with Gasteiger partial charge in [0.05, 0.1) is 30.7 Å². The van der Waals surface area contributed by atoms with Crippen LogP contribution in [0.2, 0.25) is 5.02 Å². The molecule has 0 aliphatic rings. The lowest BCUT2D eigenvalue weighted by molar-refractivity contribution is 0.0735. The van der Waals surface area contributed by atoms with Crippen molar-refractivity contribution in [3.05, 3.63) is 87.2 Å². The lowest BCUT2D eigenvalue weighted by Gasteiger charge is -2.12. The van der Waals surface area contributed by atoms with Crippen LogP contribution in [0.5, 0.6) is 17.2 Å². The van der Waals surface area contributed by atoms with Gasteiger partial charge in [-0.15, -0.1) is 0 Å². The van der Waals surface area contributed by atoms with Crippen molar-refractivity contribution in [2.75, 3.05) is 14.2 Å². The molecule has 0 aliphatic heterocycles. The highest BCUT2D eigenvalue weighted by molar-refractivity contribution is 6.30. The highest BCUT2D eigenvalue weighted by Crippen LogP contribution is 2.33. The second-order valence-electron chi connectivity index (χ2n) is 6.99. The molecule has 0 saturated carbocycles. The number of hydrogen-bond donors (Lipinski definition) is 0. The third kappa shape index (κ3) is 4.05. The Morgan fingerprint density at radius 2 is 1.72 bits per heavy atom. The molecule has 0 N–H and O–H groups in total. The average molecular weight is 451 g/mol. The molecule has 162 valence electrons. The van der Waals surface area contributed by atoms with Crippen LogP contribution in [0, 0.1) is 6.92 Å². The lowest BCUT2D eigenvalue weighted by atomic mass is 10.0. The van der Waals surface area contributed by atoms with Gasteiger partial charge in [-0.2, -0.15) is 0 Å². The zero-order chi connectivity index (χ0) is 22.8. The number of ether oxygens (including phenoxy) is 3. The molecular weight excluding hydrogens is 432 g/mol. The van der Waals surface area contributed by atoms with Crippen LogP contribution in [-0.4, -0.2) is 20.2 Å². The Balaban J connectivity index is 1.72. The third-order valence-corrected chi connectivity index (χ3v) is 5.22. The molecule has 1 heterocycles. The first-order chi connectivity index (χ1) is 15.4. The number of carbonyl (C=O) groups excluding carboxylic acids is 1. The molecule has 0 fully saturated rings. The SMILES string of the molecule is COc1ccc(-c2c(C)oc3cc(OC(=O)c4cccc(Cl)c4)ccc3c2=O)cc1OC. The van der Waals surface area contributed by atoms with Crippen molar-refractivity contribution in [3.8, 4) is 28.4 Å². The van der Waals surface area contributed by atoms with Gasteiger partial charge in [-0.1, -0.05) is 23.7 Å². The number of carbonyl (C=O) groups is 1. The van der Waals surface area contributed by atoms with Gasteiger partial charge in [-0.05, 0) is 55.0 Å². The molecule has 0 saturated heterocycles. The van der Waals surface area contributed by atoms with Crippen LogP contribution < -0.4 is 19.6 Å². The minimum Gasteiger partial charge on any atom is -0.493 e. The lowest BCUT2D eigenvalue weighted by Crippen LogP contribution is -2.10. The van der Waals surface area contributed by atoms with Crippen molar-refractivity contribution < 1.29 is 23.4 Å². The van der Waals surface area contributed by atoms with Crippen molar-refractivity contribution in [2.45, 2.75) is 6.92 Å². The molecule has 0 bridgehead atoms. The standard InChI is InChI=1S/C25H19ClO6/c1-14-23(15-7-10-20(29-2)22(12-15)30-3)24(27)19-9-8-18(13-21(19)31-14)32-25(28)16-5-4-6-17(26)11-16/h4-13H,1-3H3. The minimum atomic E-state index is -0.562. The predicted octanol–water partition coefficient (Wildman–Crippen LogP) is 5.66. The van der Waals surface area contributed by atoms with Crippen LogP contribution >= 0.6 is 11.6 Å². The fourth-order valence-electron chi connectivity index (χ4n) is 3.46. The largest absolute Gasteiger partial charge is 0.493 e. The fourth-order valence-corrected chi connectivity index (χ4v) is 3.65. The third-order valence-electron chi connectivity index (χ3n) is 4.98. The molecule has 3 aromatic carbocycles. The first-order valence-corrected chi connectivity index (χ1v) is 10.1. The van der Waals surface area contributed by atoms with Gasteiger partial charge in [0.1, 0.15) is 17.1 Å². The molecule has 1 aromatic heterocycles. The number of hydrogen-bond acceptors (Lipinski definition) is 6. The summed E-state index contributed by atoms with van der Waals surface area (Å²) in [6.45, 7) is 1.71. The minimum absolute atomic E-state index is 0.205. The van der Waals surface area contributed by atoms with Gasteiger partial charge in [0.15, 0.2) is 11.5 Å². The topological polar surface area (TPSA) is 75.0 Å². The monoisotopic (exact) mass is 450 g/mol. The Bertz CT molecular complexity index is 1390. The molecule has 4 rings (SSSR count). The maximum atomic E-state index is 13.2. The molecule has 32 heavy (non-hydrogen) atoms. The zero-order valence-corrected chi connectivity index (χ0v) is 18.4. The van der Waals surface area contributed by atoms with Crippen molar-refractivity contribution in [3.63, 3.8) is 0 Å². The van der Waals surface area contributed by atoms with E-state index in [1.54, 1.807) is 62.6 Å². The van der Waals surface area contributed by atoms with Gasteiger partial charge in [0.25, 0.3) is 0 Å². The second-order valence-corrected chi connectivity index (χ2v) is 7.43. The summed E-state index contributed by atoms with van der Waals surface area (Å²) in [4.78, 5) is 25.6. The van der Waals surface area contributed by atoms with Crippen molar-refractivity contribution in [1.82, 2.24) is 0 Å². The van der Waals surface area contributed by atoms with E-state index in [2.05, 4.69) is 0 Å². The van der Waals surface area contributed by atoms with Crippen LogP contribution in [0.25, 0.3) is 22.1 Å². The van der Waals surface area contributed by atoms with E-state index in [0.717, 1.165) is 0 Å². The molecule has 0 radical (unpaired) electrons. The average Bonchev–Trinajstić information content (AvgIpc) is 2.78. The van der Waals surface area contributed by atoms with E-state index >= 15 is 0 Å². The van der Waals surface area contributed by atoms with E-state index < -0.39 is 5.97 Å². The number of halogens is 1. The molecule has 0 atom stereocenters. The summed E-state index contributed by atoms with van der Waals surface area (Å²) < 4.78 is 22.0. The predicted molar refractivity (Wildman–Crippen MR) is 122 cm³/mol. The van der Waals surface area contributed by atoms with Crippen LogP contribution in [0.1, 0.15) is 16.1 Å². The van der Waals surface area contributed by atoms with E-state index in [1.165, 1.54) is 19.2 Å². The van der Waals surface area contributed by atoms with E-state index in [4.69, 9.17) is 30.2 Å². The Kier molecular flexibility index (Phi) is 5.88. The Morgan fingerprint density at radius 1 is 0.938 bits per heavy atom. The maximum Gasteiger partial charge on any atom is 0.343 e. The Labute approximate surface area is 188 Å². The highest BCUT2D eigenvalue weighted by atomic mass is 35.5. The summed E-state index contributed by atoms with van der Waals surface area (Å²) >= 11 is 5.93. The molecule has 7 heteroatoms. The maximum absolute atomic E-state index is 13.2. The summed E-state index contributed by atoms with van der Waals surface area (Å²) in [5.74, 6) is 1.18. The first-order valence-electron chi connectivity index (χ1n) is 9.69. The normalized spacial score (nSPS) is 10.8. The van der Waals surface area contributed by atoms with E-state index in [0.29, 0.717) is 49.9 Å². The van der Waals surface area contributed by atoms with Crippen molar-refractivity contribution >= 4 is 28.5 Å². The number of aryl methyl sites for hydroxylation is 1. The van der Waals surface area contributed by atoms with Gasteiger partial charge in [-0.25, -0.2) is 4.79 Å². The summed E-state index contributed by atoms with van der Waals surface area (Å²) in [5, 5.41) is 0.796. The van der Waals surface area contributed by atoms with Gasteiger partial charge < -0.3 is 18.6 Å². The molecule has 6 nitrogen and oxygen atoms in total.